The second-order valence-corrected chi connectivity index (χ2v) is 5.71. The highest BCUT2D eigenvalue weighted by atomic mass is 16.6. The Morgan fingerprint density at radius 1 is 1.30 bits per heavy atom. The molecule has 2 fully saturated rings. The highest BCUT2D eigenvalue weighted by molar-refractivity contribution is 5.33. The number of benzene rings is 1. The third kappa shape index (κ3) is 2.97. The van der Waals surface area contributed by atoms with Gasteiger partial charge >= 0.3 is 0 Å². The lowest BCUT2D eigenvalue weighted by Gasteiger charge is -2.37. The fourth-order valence-electron chi connectivity index (χ4n) is 3.11. The van der Waals surface area contributed by atoms with Crippen LogP contribution in [0.15, 0.2) is 24.3 Å². The molecule has 1 aromatic rings. The van der Waals surface area contributed by atoms with Crippen molar-refractivity contribution in [3.63, 3.8) is 0 Å². The second kappa shape index (κ2) is 6.12. The molecule has 4 nitrogen and oxygen atoms in total. The van der Waals surface area contributed by atoms with Crippen LogP contribution in [0.1, 0.15) is 24.8 Å². The van der Waals surface area contributed by atoms with Crippen molar-refractivity contribution >= 4 is 0 Å². The van der Waals surface area contributed by atoms with Crippen LogP contribution < -0.4 is 10.5 Å². The first-order chi connectivity index (χ1) is 9.81. The lowest BCUT2D eigenvalue weighted by Crippen LogP contribution is -2.44. The maximum atomic E-state index is 6.23. The Hall–Kier alpha value is -1.10. The molecule has 2 N–H and O–H groups in total. The molecule has 2 aliphatic heterocycles. The number of rotatable bonds is 4. The first kappa shape index (κ1) is 13.9. The van der Waals surface area contributed by atoms with Crippen molar-refractivity contribution in [1.29, 1.82) is 0 Å². The van der Waals surface area contributed by atoms with E-state index in [0.29, 0.717) is 13.2 Å². The van der Waals surface area contributed by atoms with Crippen LogP contribution in [0.25, 0.3) is 0 Å². The monoisotopic (exact) mass is 277 g/mol. The molecule has 2 heterocycles. The number of ether oxygens (including phenoxy) is 3. The second-order valence-electron chi connectivity index (χ2n) is 5.71. The Kier molecular flexibility index (Phi) is 4.24. The van der Waals surface area contributed by atoms with Gasteiger partial charge in [-0.15, -0.1) is 0 Å². The SMILES string of the molecule is NCCc1ccccc1OC1CCOC2(CCOC2)C1. The zero-order chi connectivity index (χ0) is 13.8. The average molecular weight is 277 g/mol. The molecule has 3 rings (SSSR count). The highest BCUT2D eigenvalue weighted by Crippen LogP contribution is 2.35. The van der Waals surface area contributed by atoms with E-state index in [1.165, 1.54) is 5.56 Å². The number of hydrogen-bond donors (Lipinski definition) is 1. The van der Waals surface area contributed by atoms with E-state index in [9.17, 15) is 0 Å². The maximum absolute atomic E-state index is 6.23. The van der Waals surface area contributed by atoms with Gasteiger partial charge in [-0.25, -0.2) is 0 Å². The largest absolute Gasteiger partial charge is 0.490 e. The molecule has 2 atom stereocenters. The Labute approximate surface area is 120 Å². The lowest BCUT2D eigenvalue weighted by molar-refractivity contribution is -0.112. The summed E-state index contributed by atoms with van der Waals surface area (Å²) in [6.45, 7) is 2.91. The van der Waals surface area contributed by atoms with Gasteiger partial charge < -0.3 is 19.9 Å². The normalized spacial score (nSPS) is 29.8. The Morgan fingerprint density at radius 2 is 2.20 bits per heavy atom. The molecule has 1 aromatic carbocycles. The molecule has 0 bridgehead atoms. The van der Waals surface area contributed by atoms with E-state index in [4.69, 9.17) is 19.9 Å². The first-order valence-corrected chi connectivity index (χ1v) is 7.48. The van der Waals surface area contributed by atoms with Crippen molar-refractivity contribution in [3.8, 4) is 5.75 Å². The third-order valence-electron chi connectivity index (χ3n) is 4.19. The van der Waals surface area contributed by atoms with Crippen molar-refractivity contribution < 1.29 is 14.2 Å². The van der Waals surface area contributed by atoms with Crippen molar-refractivity contribution in [1.82, 2.24) is 0 Å². The van der Waals surface area contributed by atoms with Crippen LogP contribution in [0.3, 0.4) is 0 Å². The van der Waals surface area contributed by atoms with Crippen LogP contribution in [0.2, 0.25) is 0 Å². The molecule has 0 aliphatic carbocycles. The zero-order valence-corrected chi connectivity index (χ0v) is 11.8. The van der Waals surface area contributed by atoms with Gasteiger partial charge in [-0.1, -0.05) is 18.2 Å². The minimum Gasteiger partial charge on any atom is -0.490 e. The van der Waals surface area contributed by atoms with E-state index in [-0.39, 0.29) is 11.7 Å². The summed E-state index contributed by atoms with van der Waals surface area (Å²) < 4.78 is 17.7. The van der Waals surface area contributed by atoms with E-state index in [1.54, 1.807) is 0 Å². The van der Waals surface area contributed by atoms with E-state index in [2.05, 4.69) is 6.07 Å². The standard InChI is InChI=1S/C16H23NO3/c17-8-5-13-3-1-2-4-15(13)20-14-6-9-19-16(11-14)7-10-18-12-16/h1-4,14H,5-12,17H2. The van der Waals surface area contributed by atoms with Gasteiger partial charge in [-0.05, 0) is 24.6 Å². The molecule has 0 amide bonds. The Balaban J connectivity index is 1.68. The van der Waals surface area contributed by atoms with Crippen LogP contribution in [0.4, 0.5) is 0 Å². The minimum atomic E-state index is -0.105. The topological polar surface area (TPSA) is 53.7 Å². The molecule has 2 unspecified atom stereocenters. The summed E-state index contributed by atoms with van der Waals surface area (Å²) >= 11 is 0. The fraction of sp³-hybridized carbons (Fsp3) is 0.625. The summed E-state index contributed by atoms with van der Waals surface area (Å²) in [7, 11) is 0. The van der Waals surface area contributed by atoms with Gasteiger partial charge in [0, 0.05) is 25.9 Å². The summed E-state index contributed by atoms with van der Waals surface area (Å²) in [5.41, 5.74) is 6.75. The summed E-state index contributed by atoms with van der Waals surface area (Å²) in [5.74, 6) is 0.971. The average Bonchev–Trinajstić information content (AvgIpc) is 2.89. The number of para-hydroxylation sites is 1. The van der Waals surface area contributed by atoms with Crippen molar-refractivity contribution in [2.75, 3.05) is 26.4 Å². The molecular weight excluding hydrogens is 254 g/mol. The van der Waals surface area contributed by atoms with Crippen molar-refractivity contribution in [3.05, 3.63) is 29.8 Å². The van der Waals surface area contributed by atoms with Gasteiger partial charge in [-0.3, -0.25) is 0 Å². The molecule has 0 saturated carbocycles. The number of nitrogens with two attached hydrogens (primary N) is 1. The summed E-state index contributed by atoms with van der Waals surface area (Å²) in [6, 6.07) is 8.19. The van der Waals surface area contributed by atoms with E-state index in [1.807, 2.05) is 18.2 Å². The summed E-state index contributed by atoms with van der Waals surface area (Å²) in [5, 5.41) is 0. The van der Waals surface area contributed by atoms with Crippen LogP contribution >= 0.6 is 0 Å². The molecule has 2 saturated heterocycles. The zero-order valence-electron chi connectivity index (χ0n) is 11.8. The van der Waals surface area contributed by atoms with Gasteiger partial charge in [0.15, 0.2) is 0 Å². The molecule has 20 heavy (non-hydrogen) atoms. The van der Waals surface area contributed by atoms with E-state index in [0.717, 1.165) is 44.6 Å². The van der Waals surface area contributed by atoms with Gasteiger partial charge in [-0.2, -0.15) is 0 Å². The molecule has 1 spiro atoms. The Bertz CT molecular complexity index is 443. The molecule has 110 valence electrons. The molecular formula is C16H23NO3. The quantitative estimate of drug-likeness (QED) is 0.913. The predicted octanol–water partition coefficient (Wildman–Crippen LogP) is 1.90. The van der Waals surface area contributed by atoms with Crippen LogP contribution in [-0.2, 0) is 15.9 Å². The minimum absolute atomic E-state index is 0.105. The highest BCUT2D eigenvalue weighted by Gasteiger charge is 2.41. The van der Waals surface area contributed by atoms with Gasteiger partial charge in [0.2, 0.25) is 0 Å². The van der Waals surface area contributed by atoms with Crippen LogP contribution in [0, 0.1) is 0 Å². The Morgan fingerprint density at radius 3 is 3.00 bits per heavy atom. The van der Waals surface area contributed by atoms with E-state index < -0.39 is 0 Å². The van der Waals surface area contributed by atoms with Crippen molar-refractivity contribution in [2.24, 2.45) is 5.73 Å². The molecule has 0 radical (unpaired) electrons. The summed E-state index contributed by atoms with van der Waals surface area (Å²) in [6.07, 6.45) is 3.91. The smallest absolute Gasteiger partial charge is 0.122 e. The van der Waals surface area contributed by atoms with Gasteiger partial charge in [0.25, 0.3) is 0 Å². The molecule has 4 heteroatoms. The van der Waals surface area contributed by atoms with Gasteiger partial charge in [0.05, 0.1) is 18.8 Å². The molecule has 0 aromatic heterocycles. The van der Waals surface area contributed by atoms with E-state index >= 15 is 0 Å². The van der Waals surface area contributed by atoms with Gasteiger partial charge in [0.1, 0.15) is 11.9 Å². The lowest BCUT2D eigenvalue weighted by atomic mass is 9.91. The molecule has 2 aliphatic rings. The fourth-order valence-corrected chi connectivity index (χ4v) is 3.11. The third-order valence-corrected chi connectivity index (χ3v) is 4.19. The first-order valence-electron chi connectivity index (χ1n) is 7.48. The summed E-state index contributed by atoms with van der Waals surface area (Å²) in [4.78, 5) is 0. The predicted molar refractivity (Wildman–Crippen MR) is 77.0 cm³/mol. The van der Waals surface area contributed by atoms with Crippen LogP contribution in [-0.4, -0.2) is 38.1 Å². The van der Waals surface area contributed by atoms with Crippen LogP contribution in [0.5, 0.6) is 5.75 Å². The number of hydrogen-bond acceptors (Lipinski definition) is 4. The van der Waals surface area contributed by atoms with Crippen molar-refractivity contribution in [2.45, 2.75) is 37.4 Å². The maximum Gasteiger partial charge on any atom is 0.122 e.